The standard InChI is InChI=1S/C28H53F2NO7/c1-6-11-15-33-20-22-23(35-16-12-7-2)24(36-17-13-8-3)25(37-18-14-9-4)26(38-22)28(29,30)19-21(31)27(32)34-10-5/h21-26H,6-20,31H2,1-5H3/t21?,22-,23+,24+,25-,26-/m1/s1. The molecule has 0 aromatic rings. The van der Waals surface area contributed by atoms with Gasteiger partial charge in [-0.3, -0.25) is 4.79 Å². The smallest absolute Gasteiger partial charge is 0.323 e. The number of carbonyl (C=O) groups is 1. The Hall–Kier alpha value is -0.910. The highest BCUT2D eigenvalue weighted by molar-refractivity contribution is 5.75. The number of ether oxygens (including phenoxy) is 6. The first kappa shape index (κ1) is 35.1. The molecule has 1 saturated heterocycles. The third kappa shape index (κ3) is 12.1. The summed E-state index contributed by atoms with van der Waals surface area (Å²) in [7, 11) is 0. The first-order valence-electron chi connectivity index (χ1n) is 14.6. The molecule has 226 valence electrons. The fourth-order valence-corrected chi connectivity index (χ4v) is 4.24. The van der Waals surface area contributed by atoms with Gasteiger partial charge in [0, 0.05) is 32.8 Å². The number of hydrogen-bond donors (Lipinski definition) is 1. The quantitative estimate of drug-likeness (QED) is 0.147. The Labute approximate surface area is 228 Å². The number of hydrogen-bond acceptors (Lipinski definition) is 8. The Morgan fingerprint density at radius 2 is 1.32 bits per heavy atom. The average Bonchev–Trinajstić information content (AvgIpc) is 2.88. The van der Waals surface area contributed by atoms with Gasteiger partial charge in [-0.2, -0.15) is 0 Å². The average molecular weight is 554 g/mol. The molecular weight excluding hydrogens is 500 g/mol. The van der Waals surface area contributed by atoms with Crippen molar-refractivity contribution in [3.63, 3.8) is 0 Å². The van der Waals surface area contributed by atoms with Crippen molar-refractivity contribution < 1.29 is 42.0 Å². The molecule has 0 saturated carbocycles. The predicted molar refractivity (Wildman–Crippen MR) is 143 cm³/mol. The van der Waals surface area contributed by atoms with Crippen molar-refractivity contribution in [1.82, 2.24) is 0 Å². The normalized spacial score (nSPS) is 24.9. The van der Waals surface area contributed by atoms with Crippen LogP contribution in [0.25, 0.3) is 0 Å². The Morgan fingerprint density at radius 1 is 0.816 bits per heavy atom. The lowest BCUT2D eigenvalue weighted by molar-refractivity contribution is -0.306. The maximum atomic E-state index is 15.9. The van der Waals surface area contributed by atoms with E-state index in [1.165, 1.54) is 0 Å². The van der Waals surface area contributed by atoms with Crippen LogP contribution in [0, 0.1) is 0 Å². The highest BCUT2D eigenvalue weighted by Gasteiger charge is 2.57. The highest BCUT2D eigenvalue weighted by Crippen LogP contribution is 2.39. The van der Waals surface area contributed by atoms with Crippen LogP contribution in [0.3, 0.4) is 0 Å². The Bertz CT molecular complexity index is 614. The largest absolute Gasteiger partial charge is 0.465 e. The molecule has 0 aromatic carbocycles. The van der Waals surface area contributed by atoms with Crippen LogP contribution in [-0.2, 0) is 33.2 Å². The third-order valence-corrected chi connectivity index (χ3v) is 6.48. The number of esters is 1. The SMILES string of the molecule is CCCCOC[C@H]1O[C@@H](C(F)(F)CC(N)C(=O)OCC)[C@H](OCCCC)[C@@H](OCCCC)[C@H]1OCCCC. The Morgan fingerprint density at radius 3 is 1.84 bits per heavy atom. The molecule has 0 amide bonds. The number of rotatable bonds is 22. The van der Waals surface area contributed by atoms with Gasteiger partial charge in [-0.25, -0.2) is 8.78 Å². The molecule has 0 aliphatic carbocycles. The molecule has 1 unspecified atom stereocenters. The van der Waals surface area contributed by atoms with E-state index in [1.807, 2.05) is 13.8 Å². The molecule has 0 radical (unpaired) electrons. The fourth-order valence-electron chi connectivity index (χ4n) is 4.24. The van der Waals surface area contributed by atoms with E-state index in [0.717, 1.165) is 44.9 Å². The molecule has 1 fully saturated rings. The molecule has 0 bridgehead atoms. The minimum atomic E-state index is -3.49. The summed E-state index contributed by atoms with van der Waals surface area (Å²) < 4.78 is 67.1. The van der Waals surface area contributed by atoms with Crippen molar-refractivity contribution in [2.24, 2.45) is 5.73 Å². The molecular formula is C28H53F2NO7. The molecule has 2 N–H and O–H groups in total. The van der Waals surface area contributed by atoms with Gasteiger partial charge in [0.25, 0.3) is 5.92 Å². The molecule has 1 aliphatic rings. The van der Waals surface area contributed by atoms with Gasteiger partial charge < -0.3 is 34.2 Å². The molecule has 1 aliphatic heterocycles. The van der Waals surface area contributed by atoms with Gasteiger partial charge in [-0.05, 0) is 32.6 Å². The zero-order chi connectivity index (χ0) is 28.4. The topological polar surface area (TPSA) is 98.5 Å². The maximum absolute atomic E-state index is 15.9. The van der Waals surface area contributed by atoms with E-state index in [-0.39, 0.29) is 19.8 Å². The Balaban J connectivity index is 3.35. The van der Waals surface area contributed by atoms with Crippen LogP contribution >= 0.6 is 0 Å². The van der Waals surface area contributed by atoms with Crippen molar-refractivity contribution in [1.29, 1.82) is 0 Å². The summed E-state index contributed by atoms with van der Waals surface area (Å²) >= 11 is 0. The lowest BCUT2D eigenvalue weighted by atomic mass is 9.88. The summed E-state index contributed by atoms with van der Waals surface area (Å²) in [6.07, 6.45) is 0.772. The van der Waals surface area contributed by atoms with E-state index < -0.39 is 54.9 Å². The number of unbranched alkanes of at least 4 members (excludes halogenated alkanes) is 4. The first-order chi connectivity index (χ1) is 18.3. The molecule has 10 heteroatoms. The van der Waals surface area contributed by atoms with Gasteiger partial charge >= 0.3 is 5.97 Å². The maximum Gasteiger partial charge on any atom is 0.323 e. The van der Waals surface area contributed by atoms with Gasteiger partial charge in [-0.15, -0.1) is 0 Å². The van der Waals surface area contributed by atoms with Gasteiger partial charge in [0.15, 0.2) is 6.10 Å². The summed E-state index contributed by atoms with van der Waals surface area (Å²) in [5, 5.41) is 0. The van der Waals surface area contributed by atoms with Crippen molar-refractivity contribution in [2.75, 3.05) is 39.6 Å². The first-order valence-corrected chi connectivity index (χ1v) is 14.6. The molecule has 0 spiro atoms. The molecule has 1 heterocycles. The van der Waals surface area contributed by atoms with E-state index in [2.05, 4.69) is 13.8 Å². The zero-order valence-electron chi connectivity index (χ0n) is 24.3. The minimum absolute atomic E-state index is 0.0576. The van der Waals surface area contributed by atoms with Crippen LogP contribution in [0.2, 0.25) is 0 Å². The minimum Gasteiger partial charge on any atom is -0.465 e. The van der Waals surface area contributed by atoms with E-state index in [9.17, 15) is 4.79 Å². The lowest BCUT2D eigenvalue weighted by Gasteiger charge is -2.48. The molecule has 38 heavy (non-hydrogen) atoms. The summed E-state index contributed by atoms with van der Waals surface area (Å²) in [4.78, 5) is 12.1. The van der Waals surface area contributed by atoms with Crippen molar-refractivity contribution in [2.45, 2.75) is 135 Å². The predicted octanol–water partition coefficient (Wildman–Crippen LogP) is 5.04. The van der Waals surface area contributed by atoms with Crippen LogP contribution < -0.4 is 5.73 Å². The van der Waals surface area contributed by atoms with Crippen molar-refractivity contribution >= 4 is 5.97 Å². The third-order valence-electron chi connectivity index (χ3n) is 6.48. The number of halogens is 2. The molecule has 1 rings (SSSR count). The molecule has 6 atom stereocenters. The van der Waals surface area contributed by atoms with Crippen LogP contribution in [-0.4, -0.2) is 88.1 Å². The van der Waals surface area contributed by atoms with Crippen LogP contribution in [0.5, 0.6) is 0 Å². The van der Waals surface area contributed by atoms with Crippen LogP contribution in [0.15, 0.2) is 0 Å². The molecule has 8 nitrogen and oxygen atoms in total. The van der Waals surface area contributed by atoms with E-state index in [4.69, 9.17) is 34.2 Å². The summed E-state index contributed by atoms with van der Waals surface area (Å²) in [6.45, 7) is 11.5. The second-order valence-electron chi connectivity index (χ2n) is 9.91. The monoisotopic (exact) mass is 553 g/mol. The number of carbonyl (C=O) groups excluding carboxylic acids is 1. The summed E-state index contributed by atoms with van der Waals surface area (Å²) in [5.74, 6) is -4.37. The fraction of sp³-hybridized carbons (Fsp3) is 0.964. The van der Waals surface area contributed by atoms with Crippen LogP contribution in [0.4, 0.5) is 8.78 Å². The number of alkyl halides is 2. The van der Waals surface area contributed by atoms with E-state index in [1.54, 1.807) is 6.92 Å². The lowest BCUT2D eigenvalue weighted by Crippen LogP contribution is -2.66. The summed E-state index contributed by atoms with van der Waals surface area (Å²) in [5.41, 5.74) is 5.82. The van der Waals surface area contributed by atoms with Crippen molar-refractivity contribution in [3.8, 4) is 0 Å². The second-order valence-corrected chi connectivity index (χ2v) is 9.91. The highest BCUT2D eigenvalue weighted by atomic mass is 19.3. The van der Waals surface area contributed by atoms with E-state index in [0.29, 0.717) is 26.2 Å². The van der Waals surface area contributed by atoms with Crippen LogP contribution in [0.1, 0.15) is 92.4 Å². The van der Waals surface area contributed by atoms with E-state index >= 15 is 8.78 Å². The zero-order valence-corrected chi connectivity index (χ0v) is 24.3. The molecule has 0 aromatic heterocycles. The van der Waals surface area contributed by atoms with Gasteiger partial charge in [0.05, 0.1) is 13.2 Å². The number of nitrogens with two attached hydrogens (primary N) is 1. The Kier molecular flexibility index (Phi) is 18.5. The van der Waals surface area contributed by atoms with Gasteiger partial charge in [0.1, 0.15) is 30.5 Å². The second kappa shape index (κ2) is 20.0. The van der Waals surface area contributed by atoms with Crippen molar-refractivity contribution in [3.05, 3.63) is 0 Å². The summed E-state index contributed by atoms with van der Waals surface area (Å²) in [6, 6.07) is -1.50. The van der Waals surface area contributed by atoms with Gasteiger partial charge in [0.2, 0.25) is 0 Å². The van der Waals surface area contributed by atoms with Gasteiger partial charge in [-0.1, -0.05) is 53.4 Å².